The molecule has 1 atom stereocenters. The maximum absolute atomic E-state index is 11.8. The van der Waals surface area contributed by atoms with Crippen LogP contribution in [0.1, 0.15) is 39.0 Å². The lowest BCUT2D eigenvalue weighted by atomic mass is 9.95. The molecular weight excluding hydrogens is 278 g/mol. The standard InChI is InChI=1S/C13H23N3O3S/c1-5-14-13(3,11(17)18-4)8-6-7-9-20-12-16-15-10(2)19-12/h14H,5-9H2,1-4H3. The smallest absolute Gasteiger partial charge is 0.325 e. The van der Waals surface area contributed by atoms with Crippen molar-refractivity contribution < 1.29 is 13.9 Å². The number of carbonyl (C=O) groups excluding carboxylic acids is 1. The minimum absolute atomic E-state index is 0.209. The molecule has 0 aliphatic heterocycles. The Kier molecular flexibility index (Phi) is 7.01. The highest BCUT2D eigenvalue weighted by molar-refractivity contribution is 7.99. The highest BCUT2D eigenvalue weighted by Crippen LogP contribution is 2.20. The Morgan fingerprint density at radius 3 is 2.75 bits per heavy atom. The largest absolute Gasteiger partial charge is 0.468 e. The molecule has 1 unspecified atom stereocenters. The number of aryl methyl sites for hydroxylation is 1. The van der Waals surface area contributed by atoms with E-state index in [-0.39, 0.29) is 5.97 Å². The molecule has 1 heterocycles. The molecule has 1 N–H and O–H groups in total. The van der Waals surface area contributed by atoms with E-state index in [0.717, 1.165) is 31.6 Å². The van der Waals surface area contributed by atoms with Gasteiger partial charge in [0, 0.05) is 12.7 Å². The molecule has 0 amide bonds. The van der Waals surface area contributed by atoms with Gasteiger partial charge >= 0.3 is 5.97 Å². The van der Waals surface area contributed by atoms with E-state index in [2.05, 4.69) is 15.5 Å². The van der Waals surface area contributed by atoms with E-state index in [1.165, 1.54) is 7.11 Å². The quantitative estimate of drug-likeness (QED) is 0.425. The molecule has 0 saturated carbocycles. The molecule has 0 spiro atoms. The Bertz CT molecular complexity index is 425. The third-order valence-corrected chi connectivity index (χ3v) is 3.91. The zero-order valence-electron chi connectivity index (χ0n) is 12.6. The molecule has 1 aromatic heterocycles. The second-order valence-electron chi connectivity index (χ2n) is 4.75. The van der Waals surface area contributed by atoms with Gasteiger partial charge in [0.05, 0.1) is 7.11 Å². The van der Waals surface area contributed by atoms with Gasteiger partial charge in [0.1, 0.15) is 5.54 Å². The maximum atomic E-state index is 11.8. The number of unbranched alkanes of at least 4 members (excludes halogenated alkanes) is 1. The second kappa shape index (κ2) is 8.26. The first-order valence-corrected chi connectivity index (χ1v) is 7.76. The summed E-state index contributed by atoms with van der Waals surface area (Å²) in [5.41, 5.74) is -0.602. The van der Waals surface area contributed by atoms with Gasteiger partial charge in [-0.05, 0) is 26.3 Å². The monoisotopic (exact) mass is 301 g/mol. The third kappa shape index (κ3) is 5.13. The number of ether oxygens (including phenoxy) is 1. The first kappa shape index (κ1) is 17.0. The summed E-state index contributed by atoms with van der Waals surface area (Å²) in [6.45, 7) is 6.38. The molecule has 0 fully saturated rings. The van der Waals surface area contributed by atoms with Crippen LogP contribution in [0.2, 0.25) is 0 Å². The summed E-state index contributed by atoms with van der Waals surface area (Å²) in [7, 11) is 1.42. The van der Waals surface area contributed by atoms with Gasteiger partial charge in [0.15, 0.2) is 0 Å². The average molecular weight is 301 g/mol. The van der Waals surface area contributed by atoms with Crippen LogP contribution in [0.5, 0.6) is 0 Å². The fourth-order valence-corrected chi connectivity index (χ4v) is 2.76. The van der Waals surface area contributed by atoms with Gasteiger partial charge in [-0.15, -0.1) is 10.2 Å². The first-order valence-electron chi connectivity index (χ1n) is 6.78. The summed E-state index contributed by atoms with van der Waals surface area (Å²) >= 11 is 1.54. The normalized spacial score (nSPS) is 14.0. The van der Waals surface area contributed by atoms with Crippen LogP contribution in [0.25, 0.3) is 0 Å². The van der Waals surface area contributed by atoms with Crippen molar-refractivity contribution in [1.29, 1.82) is 0 Å². The molecule has 0 bridgehead atoms. The van der Waals surface area contributed by atoms with Crippen molar-refractivity contribution >= 4 is 17.7 Å². The van der Waals surface area contributed by atoms with E-state index < -0.39 is 5.54 Å². The topological polar surface area (TPSA) is 77.3 Å². The number of nitrogens with one attached hydrogen (secondary N) is 1. The first-order chi connectivity index (χ1) is 9.51. The van der Waals surface area contributed by atoms with Crippen LogP contribution in [0.3, 0.4) is 0 Å². The molecular formula is C13H23N3O3S. The second-order valence-corrected chi connectivity index (χ2v) is 5.79. The van der Waals surface area contributed by atoms with Crippen molar-refractivity contribution in [3.63, 3.8) is 0 Å². The maximum Gasteiger partial charge on any atom is 0.325 e. The van der Waals surface area contributed by atoms with Crippen LogP contribution in [0.4, 0.5) is 0 Å². The van der Waals surface area contributed by atoms with Gasteiger partial charge in [-0.1, -0.05) is 25.1 Å². The molecule has 114 valence electrons. The van der Waals surface area contributed by atoms with Gasteiger partial charge in [-0.2, -0.15) is 0 Å². The molecule has 7 heteroatoms. The fraction of sp³-hybridized carbons (Fsp3) is 0.769. The summed E-state index contributed by atoms with van der Waals surface area (Å²) in [6.07, 6.45) is 2.65. The van der Waals surface area contributed by atoms with E-state index in [4.69, 9.17) is 9.15 Å². The zero-order valence-corrected chi connectivity index (χ0v) is 13.4. The molecule has 1 aromatic rings. The Morgan fingerprint density at radius 1 is 1.45 bits per heavy atom. The average Bonchev–Trinajstić information content (AvgIpc) is 2.83. The number of aromatic nitrogens is 2. The lowest BCUT2D eigenvalue weighted by molar-refractivity contribution is -0.148. The Balaban J connectivity index is 2.28. The number of hydrogen-bond acceptors (Lipinski definition) is 7. The number of likely N-dealkylation sites (N-methyl/N-ethyl adjacent to an activating group) is 1. The number of rotatable bonds is 9. The van der Waals surface area contributed by atoms with E-state index in [1.54, 1.807) is 18.7 Å². The van der Waals surface area contributed by atoms with Gasteiger partial charge in [-0.25, -0.2) is 0 Å². The number of hydrogen-bond donors (Lipinski definition) is 1. The predicted octanol–water partition coefficient (Wildman–Crippen LogP) is 2.18. The minimum Gasteiger partial charge on any atom is -0.468 e. The third-order valence-electron chi connectivity index (χ3n) is 3.01. The molecule has 6 nitrogen and oxygen atoms in total. The van der Waals surface area contributed by atoms with Crippen LogP contribution in [0, 0.1) is 6.92 Å². The van der Waals surface area contributed by atoms with Gasteiger partial charge in [0.2, 0.25) is 5.89 Å². The van der Waals surface area contributed by atoms with E-state index in [0.29, 0.717) is 11.1 Å². The SMILES string of the molecule is CCNC(C)(CCCCSc1nnc(C)o1)C(=O)OC. The van der Waals surface area contributed by atoms with Gasteiger partial charge in [0.25, 0.3) is 5.22 Å². The number of nitrogens with zero attached hydrogens (tertiary/aromatic N) is 2. The lowest BCUT2D eigenvalue weighted by Crippen LogP contribution is -2.50. The number of thioether (sulfide) groups is 1. The number of methoxy groups -OCH3 is 1. The van der Waals surface area contributed by atoms with E-state index in [9.17, 15) is 4.79 Å². The van der Waals surface area contributed by atoms with Crippen molar-refractivity contribution in [3.05, 3.63) is 5.89 Å². The van der Waals surface area contributed by atoms with Crippen molar-refractivity contribution in [2.24, 2.45) is 0 Å². The highest BCUT2D eigenvalue weighted by Gasteiger charge is 2.32. The summed E-state index contributed by atoms with van der Waals surface area (Å²) in [5, 5.41) is 11.5. The zero-order chi connectivity index (χ0) is 15.0. The van der Waals surface area contributed by atoms with Crippen LogP contribution in [-0.2, 0) is 9.53 Å². The van der Waals surface area contributed by atoms with E-state index >= 15 is 0 Å². The van der Waals surface area contributed by atoms with Crippen LogP contribution < -0.4 is 5.32 Å². The van der Waals surface area contributed by atoms with E-state index in [1.807, 2.05) is 13.8 Å². The molecule has 0 aliphatic carbocycles. The summed E-state index contributed by atoms with van der Waals surface area (Å²) in [5.74, 6) is 1.27. The van der Waals surface area contributed by atoms with Crippen molar-refractivity contribution in [3.8, 4) is 0 Å². The van der Waals surface area contributed by atoms with Crippen LogP contribution >= 0.6 is 11.8 Å². The summed E-state index contributed by atoms with van der Waals surface area (Å²) in [4.78, 5) is 11.8. The van der Waals surface area contributed by atoms with Crippen molar-refractivity contribution in [2.45, 2.75) is 50.8 Å². The predicted molar refractivity (Wildman–Crippen MR) is 77.7 cm³/mol. The molecule has 0 saturated heterocycles. The van der Waals surface area contributed by atoms with Gasteiger partial charge in [-0.3, -0.25) is 4.79 Å². The molecule has 1 rings (SSSR count). The van der Waals surface area contributed by atoms with Crippen LogP contribution in [0.15, 0.2) is 9.64 Å². The molecule has 20 heavy (non-hydrogen) atoms. The van der Waals surface area contributed by atoms with Gasteiger partial charge < -0.3 is 14.5 Å². The Morgan fingerprint density at radius 2 is 2.20 bits per heavy atom. The lowest BCUT2D eigenvalue weighted by Gasteiger charge is -2.27. The summed E-state index contributed by atoms with van der Waals surface area (Å²) < 4.78 is 10.1. The van der Waals surface area contributed by atoms with Crippen molar-refractivity contribution in [2.75, 3.05) is 19.4 Å². The molecule has 0 aromatic carbocycles. The van der Waals surface area contributed by atoms with Crippen molar-refractivity contribution in [1.82, 2.24) is 15.5 Å². The number of esters is 1. The summed E-state index contributed by atoms with van der Waals surface area (Å²) in [6, 6.07) is 0. The Labute approximate surface area is 124 Å². The molecule has 0 radical (unpaired) electrons. The fourth-order valence-electron chi connectivity index (χ4n) is 1.95. The minimum atomic E-state index is -0.602. The van der Waals surface area contributed by atoms with Crippen LogP contribution in [-0.4, -0.2) is 41.1 Å². The number of carbonyl (C=O) groups is 1. The Hall–Kier alpha value is -1.08. The highest BCUT2D eigenvalue weighted by atomic mass is 32.2. The molecule has 0 aliphatic rings.